The molecule has 1 aliphatic rings. The maximum absolute atomic E-state index is 13.1. The molecule has 5 nitrogen and oxygen atoms in total. The molecule has 0 aliphatic carbocycles. The van der Waals surface area contributed by atoms with Gasteiger partial charge in [0.05, 0.1) is 11.6 Å². The van der Waals surface area contributed by atoms with Crippen LogP contribution in [0.4, 0.5) is 0 Å². The number of rotatable bonds is 12. The van der Waals surface area contributed by atoms with E-state index in [1.165, 1.54) is 0 Å². The van der Waals surface area contributed by atoms with E-state index in [1.807, 2.05) is 48.5 Å². The number of carbonyl (C=O) groups is 2. The lowest BCUT2D eigenvalue weighted by molar-refractivity contribution is -0.140. The molecule has 3 rings (SSSR count). The minimum absolute atomic E-state index is 0.113. The summed E-state index contributed by atoms with van der Waals surface area (Å²) in [5.41, 5.74) is 1.55. The largest absolute Gasteiger partial charge is 0.507 e. The van der Waals surface area contributed by atoms with Crippen molar-refractivity contribution < 1.29 is 14.7 Å². The molecule has 1 N–H and O–H groups in total. The zero-order valence-electron chi connectivity index (χ0n) is 19.9. The molecule has 1 aliphatic heterocycles. The fourth-order valence-electron chi connectivity index (χ4n) is 4.41. The Hall–Kier alpha value is -2.92. The molecule has 176 valence electrons. The van der Waals surface area contributed by atoms with Crippen molar-refractivity contribution >= 4 is 17.4 Å². The first kappa shape index (κ1) is 24.7. The van der Waals surface area contributed by atoms with Gasteiger partial charge in [0.1, 0.15) is 5.76 Å². The first-order valence-corrected chi connectivity index (χ1v) is 12.2. The predicted octanol–water partition coefficient (Wildman–Crippen LogP) is 5.40. The SMILES string of the molecule is CCCCN(CCCC)CCCN1C(=O)C(=O)/C(=C(\O)c2ccccc2)C1c1ccccc1. The van der Waals surface area contributed by atoms with Crippen LogP contribution in [0, 0.1) is 0 Å². The number of amides is 1. The number of nitrogens with zero attached hydrogens (tertiary/aromatic N) is 2. The fourth-order valence-corrected chi connectivity index (χ4v) is 4.41. The second kappa shape index (κ2) is 12.4. The van der Waals surface area contributed by atoms with Gasteiger partial charge in [0.25, 0.3) is 11.7 Å². The molecular formula is C28H36N2O3. The normalized spacial score (nSPS) is 17.8. The van der Waals surface area contributed by atoms with Crippen LogP contribution in [0.1, 0.15) is 63.1 Å². The number of unbranched alkanes of at least 4 members (excludes halogenated alkanes) is 2. The van der Waals surface area contributed by atoms with E-state index in [9.17, 15) is 14.7 Å². The average Bonchev–Trinajstić information content (AvgIpc) is 3.11. The Morgan fingerprint density at radius 2 is 1.39 bits per heavy atom. The molecule has 1 atom stereocenters. The van der Waals surface area contributed by atoms with Crippen LogP contribution in [0.25, 0.3) is 5.76 Å². The summed E-state index contributed by atoms with van der Waals surface area (Å²) in [6, 6.07) is 17.9. The first-order chi connectivity index (χ1) is 16.1. The molecule has 0 radical (unpaired) electrons. The van der Waals surface area contributed by atoms with Crippen LogP contribution in [-0.2, 0) is 9.59 Å². The number of aliphatic hydroxyl groups excluding tert-OH is 1. The molecule has 1 saturated heterocycles. The zero-order valence-corrected chi connectivity index (χ0v) is 19.9. The number of Topliss-reactive ketones (excluding diaryl/α,β-unsaturated/α-hetero) is 1. The van der Waals surface area contributed by atoms with Crippen LogP contribution in [0.15, 0.2) is 66.2 Å². The van der Waals surface area contributed by atoms with Crippen LogP contribution in [0.5, 0.6) is 0 Å². The Bertz CT molecular complexity index is 932. The van der Waals surface area contributed by atoms with Crippen LogP contribution in [0.2, 0.25) is 0 Å². The summed E-state index contributed by atoms with van der Waals surface area (Å²) in [6.07, 6.45) is 5.43. The molecule has 0 spiro atoms. The van der Waals surface area contributed by atoms with Gasteiger partial charge in [0, 0.05) is 12.1 Å². The molecule has 33 heavy (non-hydrogen) atoms. The molecular weight excluding hydrogens is 412 g/mol. The van der Waals surface area contributed by atoms with Gasteiger partial charge in [0.2, 0.25) is 0 Å². The van der Waals surface area contributed by atoms with E-state index in [4.69, 9.17) is 0 Å². The Morgan fingerprint density at radius 1 is 0.848 bits per heavy atom. The Morgan fingerprint density at radius 3 is 1.97 bits per heavy atom. The van der Waals surface area contributed by atoms with E-state index in [2.05, 4.69) is 18.7 Å². The number of aliphatic hydroxyl groups is 1. The van der Waals surface area contributed by atoms with Gasteiger partial charge in [-0.25, -0.2) is 0 Å². The van der Waals surface area contributed by atoms with Gasteiger partial charge in [-0.1, -0.05) is 87.4 Å². The van der Waals surface area contributed by atoms with Gasteiger partial charge in [-0.3, -0.25) is 9.59 Å². The molecule has 1 heterocycles. The van der Waals surface area contributed by atoms with Gasteiger partial charge in [0.15, 0.2) is 0 Å². The number of hydrogen-bond donors (Lipinski definition) is 1. The second-order valence-corrected chi connectivity index (χ2v) is 8.67. The van der Waals surface area contributed by atoms with Crippen molar-refractivity contribution in [3.63, 3.8) is 0 Å². The molecule has 0 saturated carbocycles. The highest BCUT2D eigenvalue weighted by atomic mass is 16.3. The van der Waals surface area contributed by atoms with Gasteiger partial charge in [-0.15, -0.1) is 0 Å². The maximum atomic E-state index is 13.1. The van der Waals surface area contributed by atoms with Crippen molar-refractivity contribution in [3.05, 3.63) is 77.4 Å². The smallest absolute Gasteiger partial charge is 0.295 e. The number of ketones is 1. The van der Waals surface area contributed by atoms with Crippen molar-refractivity contribution in [1.82, 2.24) is 9.80 Å². The van der Waals surface area contributed by atoms with Gasteiger partial charge >= 0.3 is 0 Å². The highest BCUT2D eigenvalue weighted by Crippen LogP contribution is 2.39. The monoisotopic (exact) mass is 448 g/mol. The molecule has 1 amide bonds. The van der Waals surface area contributed by atoms with E-state index >= 15 is 0 Å². The number of hydrogen-bond acceptors (Lipinski definition) is 4. The lowest BCUT2D eigenvalue weighted by Gasteiger charge is -2.27. The molecule has 2 aromatic rings. The van der Waals surface area contributed by atoms with Gasteiger partial charge < -0.3 is 14.9 Å². The third-order valence-electron chi connectivity index (χ3n) is 6.23. The van der Waals surface area contributed by atoms with Crippen LogP contribution in [-0.4, -0.2) is 52.8 Å². The van der Waals surface area contributed by atoms with Crippen molar-refractivity contribution in [2.45, 2.75) is 52.0 Å². The Kier molecular flexibility index (Phi) is 9.25. The minimum atomic E-state index is -0.612. The number of carbonyl (C=O) groups excluding carboxylic acids is 2. The van der Waals surface area contributed by atoms with Crippen LogP contribution in [0.3, 0.4) is 0 Å². The second-order valence-electron chi connectivity index (χ2n) is 8.67. The maximum Gasteiger partial charge on any atom is 0.295 e. The Labute approximate surface area is 197 Å². The lowest BCUT2D eigenvalue weighted by Crippen LogP contribution is -2.34. The lowest BCUT2D eigenvalue weighted by atomic mass is 9.95. The van der Waals surface area contributed by atoms with E-state index in [0.717, 1.165) is 57.3 Å². The summed E-state index contributed by atoms with van der Waals surface area (Å²) in [4.78, 5) is 30.3. The summed E-state index contributed by atoms with van der Waals surface area (Å²) in [5, 5.41) is 11.0. The molecule has 2 aromatic carbocycles. The zero-order chi connectivity index (χ0) is 23.6. The van der Waals surface area contributed by atoms with Crippen LogP contribution >= 0.6 is 0 Å². The van der Waals surface area contributed by atoms with Crippen molar-refractivity contribution in [2.24, 2.45) is 0 Å². The fraction of sp³-hybridized carbons (Fsp3) is 0.429. The molecule has 1 fully saturated rings. The standard InChI is InChI=1S/C28H36N2O3/c1-3-5-18-29(19-6-4-2)20-13-21-30-25(22-14-9-7-10-15-22)24(27(32)28(30)33)26(31)23-16-11-8-12-17-23/h7-12,14-17,25,31H,3-6,13,18-21H2,1-2H3/b26-24-. The molecule has 1 unspecified atom stereocenters. The molecule has 0 bridgehead atoms. The summed E-state index contributed by atoms with van der Waals surface area (Å²) in [7, 11) is 0. The third-order valence-corrected chi connectivity index (χ3v) is 6.23. The van der Waals surface area contributed by atoms with Gasteiger partial charge in [-0.2, -0.15) is 0 Å². The topological polar surface area (TPSA) is 60.9 Å². The summed E-state index contributed by atoms with van der Waals surface area (Å²) >= 11 is 0. The predicted molar refractivity (Wildman–Crippen MR) is 133 cm³/mol. The van der Waals surface area contributed by atoms with E-state index in [0.29, 0.717) is 12.1 Å². The van der Waals surface area contributed by atoms with E-state index < -0.39 is 17.7 Å². The third kappa shape index (κ3) is 6.11. The summed E-state index contributed by atoms with van der Waals surface area (Å²) < 4.78 is 0. The van der Waals surface area contributed by atoms with Crippen LogP contribution < -0.4 is 0 Å². The molecule has 0 aromatic heterocycles. The van der Waals surface area contributed by atoms with E-state index in [1.54, 1.807) is 17.0 Å². The van der Waals surface area contributed by atoms with Crippen molar-refractivity contribution in [3.8, 4) is 0 Å². The minimum Gasteiger partial charge on any atom is -0.507 e. The average molecular weight is 449 g/mol. The number of likely N-dealkylation sites (tertiary alicyclic amines) is 1. The van der Waals surface area contributed by atoms with Gasteiger partial charge in [-0.05, 0) is 44.5 Å². The highest BCUT2D eigenvalue weighted by molar-refractivity contribution is 6.46. The highest BCUT2D eigenvalue weighted by Gasteiger charge is 2.45. The van der Waals surface area contributed by atoms with E-state index in [-0.39, 0.29) is 11.3 Å². The molecule has 5 heteroatoms. The first-order valence-electron chi connectivity index (χ1n) is 12.2. The summed E-state index contributed by atoms with van der Waals surface area (Å²) in [6.45, 7) is 7.89. The number of benzene rings is 2. The van der Waals surface area contributed by atoms with Crippen molar-refractivity contribution in [2.75, 3.05) is 26.2 Å². The van der Waals surface area contributed by atoms with Crippen molar-refractivity contribution in [1.29, 1.82) is 0 Å². The summed E-state index contributed by atoms with van der Waals surface area (Å²) in [5.74, 6) is -1.26. The quantitative estimate of drug-likeness (QED) is 0.268. The Balaban J connectivity index is 1.85.